The normalized spacial score (nSPS) is 11.2. The Hall–Kier alpha value is -3.22. The maximum absolute atomic E-state index is 11.1. The molecule has 136 valence electrons. The quantitative estimate of drug-likeness (QED) is 0.416. The lowest BCUT2D eigenvalue weighted by molar-refractivity contribution is -0.385. The lowest BCUT2D eigenvalue weighted by atomic mass is 9.96. The summed E-state index contributed by atoms with van der Waals surface area (Å²) in [6.07, 6.45) is 4.95. The van der Waals surface area contributed by atoms with Crippen LogP contribution < -0.4 is 4.74 Å². The highest BCUT2D eigenvalue weighted by Crippen LogP contribution is 2.29. The molecule has 0 spiro atoms. The topological polar surface area (TPSA) is 103 Å². The first-order valence-electron chi connectivity index (χ1n) is 8.23. The second kappa shape index (κ2) is 8.75. The molecule has 26 heavy (non-hydrogen) atoms. The van der Waals surface area contributed by atoms with Gasteiger partial charge in [0.05, 0.1) is 4.92 Å². The van der Waals surface area contributed by atoms with Crippen LogP contribution in [0, 0.1) is 17.0 Å². The van der Waals surface area contributed by atoms with E-state index in [4.69, 9.17) is 9.84 Å². The summed E-state index contributed by atoms with van der Waals surface area (Å²) < 4.78 is 5.62. The number of ether oxygens (including phenoxy) is 1. The van der Waals surface area contributed by atoms with Crippen LogP contribution in [0.2, 0.25) is 0 Å². The average molecular weight is 356 g/mol. The molecule has 0 atom stereocenters. The molecule has 1 N–H and O–H groups in total. The Morgan fingerprint density at radius 3 is 2.65 bits per heavy atom. The van der Waals surface area contributed by atoms with Crippen LogP contribution in [0.25, 0.3) is 5.57 Å². The van der Waals surface area contributed by atoms with Crippen LogP contribution >= 0.6 is 0 Å². The molecular weight excluding hydrogens is 336 g/mol. The highest BCUT2D eigenvalue weighted by Gasteiger charge is 2.10. The van der Waals surface area contributed by atoms with E-state index in [9.17, 15) is 14.9 Å². The molecule has 1 aromatic carbocycles. The molecule has 0 unspecified atom stereocenters. The van der Waals surface area contributed by atoms with Crippen molar-refractivity contribution in [2.75, 3.05) is 0 Å². The van der Waals surface area contributed by atoms with Gasteiger partial charge >= 0.3 is 5.97 Å². The van der Waals surface area contributed by atoms with Crippen LogP contribution in [-0.2, 0) is 4.79 Å². The van der Waals surface area contributed by atoms with E-state index in [1.807, 2.05) is 13.0 Å². The molecule has 0 aliphatic rings. The second-order valence-electron chi connectivity index (χ2n) is 5.80. The Bertz CT molecular complexity index is 828. The minimum absolute atomic E-state index is 0.108. The van der Waals surface area contributed by atoms with Gasteiger partial charge in [-0.05, 0) is 48.6 Å². The largest absolute Gasteiger partial charge is 0.478 e. The van der Waals surface area contributed by atoms with E-state index in [0.29, 0.717) is 12.2 Å². The van der Waals surface area contributed by atoms with Crippen LogP contribution in [0.15, 0.2) is 42.6 Å². The molecule has 7 heteroatoms. The molecule has 0 saturated heterocycles. The zero-order valence-corrected chi connectivity index (χ0v) is 14.6. The number of carboxylic acid groups (broad SMARTS) is 1. The van der Waals surface area contributed by atoms with Crippen molar-refractivity contribution in [1.29, 1.82) is 0 Å². The van der Waals surface area contributed by atoms with Crippen molar-refractivity contribution < 1.29 is 19.6 Å². The van der Waals surface area contributed by atoms with Crippen LogP contribution in [-0.4, -0.2) is 21.0 Å². The number of nitro groups is 1. The van der Waals surface area contributed by atoms with Gasteiger partial charge in [0.25, 0.3) is 5.69 Å². The lowest BCUT2D eigenvalue weighted by Crippen LogP contribution is -1.96. The van der Waals surface area contributed by atoms with E-state index >= 15 is 0 Å². The fourth-order valence-electron chi connectivity index (χ4n) is 2.52. The third-order valence-corrected chi connectivity index (χ3v) is 3.80. The van der Waals surface area contributed by atoms with Crippen LogP contribution in [0.5, 0.6) is 11.6 Å². The van der Waals surface area contributed by atoms with Gasteiger partial charge in [0, 0.05) is 18.2 Å². The molecule has 0 aliphatic carbocycles. The minimum Gasteiger partial charge on any atom is -0.478 e. The van der Waals surface area contributed by atoms with Crippen LogP contribution in [0.4, 0.5) is 5.69 Å². The third-order valence-electron chi connectivity index (χ3n) is 3.80. The average Bonchev–Trinajstić information content (AvgIpc) is 2.59. The number of hydrogen-bond acceptors (Lipinski definition) is 5. The maximum Gasteiger partial charge on any atom is 0.328 e. The Morgan fingerprint density at radius 2 is 2.12 bits per heavy atom. The summed E-state index contributed by atoms with van der Waals surface area (Å²) in [5.41, 5.74) is 2.41. The number of rotatable bonds is 8. The molecule has 2 rings (SSSR count). The molecule has 1 heterocycles. The molecule has 1 aromatic heterocycles. The van der Waals surface area contributed by atoms with Crippen molar-refractivity contribution in [2.45, 2.75) is 33.1 Å². The van der Waals surface area contributed by atoms with E-state index in [2.05, 4.69) is 11.9 Å². The van der Waals surface area contributed by atoms with Gasteiger partial charge in [-0.3, -0.25) is 10.1 Å². The molecule has 0 aliphatic heterocycles. The van der Waals surface area contributed by atoms with Gasteiger partial charge < -0.3 is 9.84 Å². The molecule has 0 bridgehead atoms. The van der Waals surface area contributed by atoms with E-state index in [1.165, 1.54) is 18.2 Å². The highest BCUT2D eigenvalue weighted by atomic mass is 16.6. The fraction of sp³-hybridized carbons (Fsp3) is 0.263. The predicted molar refractivity (Wildman–Crippen MR) is 97.3 cm³/mol. The third kappa shape index (κ3) is 5.14. The summed E-state index contributed by atoms with van der Waals surface area (Å²) in [4.78, 5) is 25.1. The number of benzene rings is 1. The van der Waals surface area contributed by atoms with Gasteiger partial charge in [0.2, 0.25) is 5.88 Å². The van der Waals surface area contributed by atoms with Crippen molar-refractivity contribution in [3.8, 4) is 11.6 Å². The number of aryl methyl sites for hydroxylation is 1. The molecule has 0 fully saturated rings. The van der Waals surface area contributed by atoms with Crippen molar-refractivity contribution in [1.82, 2.24) is 4.98 Å². The van der Waals surface area contributed by atoms with Gasteiger partial charge in [-0.15, -0.1) is 0 Å². The smallest absolute Gasteiger partial charge is 0.328 e. The highest BCUT2D eigenvalue weighted by molar-refractivity contribution is 5.90. The number of unbranched alkanes of at least 4 members (excludes halogenated alkanes) is 1. The van der Waals surface area contributed by atoms with Gasteiger partial charge in [-0.2, -0.15) is 0 Å². The van der Waals surface area contributed by atoms with E-state index in [0.717, 1.165) is 35.7 Å². The zero-order valence-electron chi connectivity index (χ0n) is 14.6. The number of hydrogen-bond donors (Lipinski definition) is 1. The summed E-state index contributed by atoms with van der Waals surface area (Å²) in [5.74, 6) is -0.196. The molecule has 7 nitrogen and oxygen atoms in total. The monoisotopic (exact) mass is 356 g/mol. The first-order chi connectivity index (χ1) is 12.4. The maximum atomic E-state index is 11.1. The van der Waals surface area contributed by atoms with Crippen molar-refractivity contribution in [3.63, 3.8) is 0 Å². The Morgan fingerprint density at radius 1 is 1.35 bits per heavy atom. The van der Waals surface area contributed by atoms with Crippen molar-refractivity contribution in [3.05, 3.63) is 63.8 Å². The van der Waals surface area contributed by atoms with Crippen molar-refractivity contribution >= 4 is 17.2 Å². The Balaban J connectivity index is 2.22. The van der Waals surface area contributed by atoms with Gasteiger partial charge in [-0.1, -0.05) is 19.4 Å². The number of pyridine rings is 1. The van der Waals surface area contributed by atoms with Gasteiger partial charge in [0.15, 0.2) is 0 Å². The van der Waals surface area contributed by atoms with E-state index in [1.54, 1.807) is 12.1 Å². The fourth-order valence-corrected chi connectivity index (χ4v) is 2.52. The summed E-state index contributed by atoms with van der Waals surface area (Å²) in [6.45, 7) is 3.94. The number of allylic oxidation sites excluding steroid dienone is 1. The van der Waals surface area contributed by atoms with E-state index < -0.39 is 10.9 Å². The Labute approximate surface area is 151 Å². The first-order valence-corrected chi connectivity index (χ1v) is 8.23. The summed E-state index contributed by atoms with van der Waals surface area (Å²) in [7, 11) is 0. The zero-order chi connectivity index (χ0) is 19.1. The molecule has 2 aromatic rings. The first kappa shape index (κ1) is 19.1. The molecular formula is C19H20N2O5. The molecule has 0 amide bonds. The lowest BCUT2D eigenvalue weighted by Gasteiger charge is -2.12. The van der Waals surface area contributed by atoms with Crippen LogP contribution in [0.3, 0.4) is 0 Å². The van der Waals surface area contributed by atoms with E-state index in [-0.39, 0.29) is 11.6 Å². The molecule has 0 radical (unpaired) electrons. The number of carboxylic acids is 1. The number of nitrogens with zero attached hydrogens (tertiary/aromatic N) is 2. The van der Waals surface area contributed by atoms with Gasteiger partial charge in [-0.25, -0.2) is 9.78 Å². The number of aromatic nitrogens is 1. The minimum atomic E-state index is -0.967. The second-order valence-corrected chi connectivity index (χ2v) is 5.80. The SMILES string of the molecule is CCCC/C(=C\C(=O)O)c1ccc(Oc2ccc([N+](=O)[O-])cn2)cc1C. The Kier molecular flexibility index (Phi) is 6.43. The number of aliphatic carboxylic acids is 1. The van der Waals surface area contributed by atoms with Crippen molar-refractivity contribution in [2.24, 2.45) is 0 Å². The summed E-state index contributed by atoms with van der Waals surface area (Å²) in [5, 5.41) is 19.7. The van der Waals surface area contributed by atoms with Crippen LogP contribution in [0.1, 0.15) is 37.3 Å². The molecule has 0 saturated carbocycles. The predicted octanol–water partition coefficient (Wildman–Crippen LogP) is 4.75. The summed E-state index contributed by atoms with van der Waals surface area (Å²) in [6, 6.07) is 8.09. The summed E-state index contributed by atoms with van der Waals surface area (Å²) >= 11 is 0. The number of carbonyl (C=O) groups is 1. The van der Waals surface area contributed by atoms with Gasteiger partial charge in [0.1, 0.15) is 11.9 Å². The standard InChI is InChI=1S/C19H20N2O5/c1-3-4-5-14(11-19(22)23)17-8-7-16(10-13(17)2)26-18-9-6-15(12-20-18)21(24)25/h6-12H,3-5H2,1-2H3,(H,22,23)/b14-11+.